The van der Waals surface area contributed by atoms with Gasteiger partial charge in [-0.3, -0.25) is 0 Å². The highest BCUT2D eigenvalue weighted by atomic mass is 16.6. The van der Waals surface area contributed by atoms with Crippen molar-refractivity contribution in [3.05, 3.63) is 0 Å². The van der Waals surface area contributed by atoms with Crippen molar-refractivity contribution in [2.45, 2.75) is 90.6 Å². The fraction of sp³-hybridized carbons (Fsp3) is 1.00. The van der Waals surface area contributed by atoms with Gasteiger partial charge in [-0.25, -0.2) is 5.90 Å². The summed E-state index contributed by atoms with van der Waals surface area (Å²) in [6.07, 6.45) is 15.2. The molecule has 0 aliphatic carbocycles. The second kappa shape index (κ2) is 13.0. The summed E-state index contributed by atoms with van der Waals surface area (Å²) in [5.74, 6) is 5.09. The molecule has 0 rings (SSSR count). The van der Waals surface area contributed by atoms with Crippen molar-refractivity contribution in [2.75, 3.05) is 0 Å². The lowest BCUT2D eigenvalue weighted by Crippen LogP contribution is -2.12. The molecule has 2 heteroatoms. The van der Waals surface area contributed by atoms with Gasteiger partial charge in [0, 0.05) is 0 Å². The molecule has 16 heavy (non-hydrogen) atoms. The maximum absolute atomic E-state index is 5.09. The van der Waals surface area contributed by atoms with Crippen LogP contribution in [0.4, 0.5) is 0 Å². The van der Waals surface area contributed by atoms with Crippen molar-refractivity contribution in [3.8, 4) is 0 Å². The molecule has 2 N–H and O–H groups in total. The molecule has 0 amide bonds. The smallest absolute Gasteiger partial charge is 0.0759 e. The fourth-order valence-electron chi connectivity index (χ4n) is 1.99. The number of nitrogens with two attached hydrogens (primary N) is 1. The van der Waals surface area contributed by atoms with Gasteiger partial charge in [-0.2, -0.15) is 0 Å². The van der Waals surface area contributed by atoms with Crippen LogP contribution < -0.4 is 5.90 Å². The van der Waals surface area contributed by atoms with Crippen LogP contribution in [0, 0.1) is 0 Å². The van der Waals surface area contributed by atoms with E-state index in [2.05, 4.69) is 6.92 Å². The third-order valence-corrected chi connectivity index (χ3v) is 3.20. The minimum absolute atomic E-state index is 0.231. The summed E-state index contributed by atoms with van der Waals surface area (Å²) in [5, 5.41) is 0. The normalized spacial score (nSPS) is 12.9. The summed E-state index contributed by atoms with van der Waals surface area (Å²) >= 11 is 0. The fourth-order valence-corrected chi connectivity index (χ4v) is 1.99. The minimum Gasteiger partial charge on any atom is -0.302 e. The highest BCUT2D eigenvalue weighted by Gasteiger charge is 1.99. The SMILES string of the molecule is CCCCCCCCCCCCC(C)ON. The van der Waals surface area contributed by atoms with Crippen LogP contribution in [0.2, 0.25) is 0 Å². The monoisotopic (exact) mass is 229 g/mol. The molecule has 0 saturated heterocycles. The van der Waals surface area contributed by atoms with Gasteiger partial charge in [0.05, 0.1) is 6.10 Å². The van der Waals surface area contributed by atoms with Crippen LogP contribution in [0.25, 0.3) is 0 Å². The summed E-state index contributed by atoms with van der Waals surface area (Å²) in [6, 6.07) is 0. The standard InChI is InChI=1S/C14H31NO/c1-3-4-5-6-7-8-9-10-11-12-13-14(2)16-15/h14H,3-13,15H2,1-2H3. The Morgan fingerprint density at radius 3 is 1.69 bits per heavy atom. The minimum atomic E-state index is 0.231. The van der Waals surface area contributed by atoms with Gasteiger partial charge in [-0.1, -0.05) is 71.1 Å². The second-order valence-corrected chi connectivity index (χ2v) is 4.92. The van der Waals surface area contributed by atoms with Crippen LogP contribution >= 0.6 is 0 Å². The van der Waals surface area contributed by atoms with Gasteiger partial charge in [0.1, 0.15) is 0 Å². The zero-order chi connectivity index (χ0) is 12.1. The van der Waals surface area contributed by atoms with Gasteiger partial charge in [0.2, 0.25) is 0 Å². The number of rotatable bonds is 12. The van der Waals surface area contributed by atoms with E-state index >= 15 is 0 Å². The number of unbranched alkanes of at least 4 members (excludes halogenated alkanes) is 9. The Balaban J connectivity index is 2.93. The van der Waals surface area contributed by atoms with Gasteiger partial charge in [-0.15, -0.1) is 0 Å². The Hall–Kier alpha value is -0.0800. The summed E-state index contributed by atoms with van der Waals surface area (Å²) in [6.45, 7) is 4.31. The average Bonchev–Trinajstić information content (AvgIpc) is 2.31. The van der Waals surface area contributed by atoms with Crippen molar-refractivity contribution in [1.29, 1.82) is 0 Å². The van der Waals surface area contributed by atoms with E-state index in [0.717, 1.165) is 6.42 Å². The van der Waals surface area contributed by atoms with Crippen molar-refractivity contribution >= 4 is 0 Å². The first-order chi connectivity index (χ1) is 7.81. The maximum Gasteiger partial charge on any atom is 0.0759 e. The third-order valence-electron chi connectivity index (χ3n) is 3.20. The van der Waals surface area contributed by atoms with E-state index in [1.54, 1.807) is 0 Å². The molecule has 0 aliphatic heterocycles. The molecule has 0 aromatic carbocycles. The molecule has 0 aromatic heterocycles. The summed E-state index contributed by atoms with van der Waals surface area (Å²) in [7, 11) is 0. The van der Waals surface area contributed by atoms with Crippen molar-refractivity contribution < 1.29 is 4.84 Å². The molecule has 0 heterocycles. The lowest BCUT2D eigenvalue weighted by Gasteiger charge is -2.07. The number of hydrogen-bond acceptors (Lipinski definition) is 2. The Morgan fingerprint density at radius 2 is 1.25 bits per heavy atom. The van der Waals surface area contributed by atoms with Crippen molar-refractivity contribution in [3.63, 3.8) is 0 Å². The molecule has 0 spiro atoms. The summed E-state index contributed by atoms with van der Waals surface area (Å²) in [5.41, 5.74) is 0. The Bertz CT molecular complexity index is 128. The molecule has 98 valence electrons. The third kappa shape index (κ3) is 12.0. The predicted molar refractivity (Wildman–Crippen MR) is 71.2 cm³/mol. The zero-order valence-corrected chi connectivity index (χ0v) is 11.3. The van der Waals surface area contributed by atoms with E-state index in [1.165, 1.54) is 64.2 Å². The van der Waals surface area contributed by atoms with Crippen LogP contribution in [-0.4, -0.2) is 6.10 Å². The van der Waals surface area contributed by atoms with Crippen LogP contribution in [0.15, 0.2) is 0 Å². The Kier molecular flexibility index (Phi) is 12.9. The number of hydrogen-bond donors (Lipinski definition) is 1. The van der Waals surface area contributed by atoms with Gasteiger partial charge in [-0.05, 0) is 13.3 Å². The molecule has 0 radical (unpaired) electrons. The second-order valence-electron chi connectivity index (χ2n) is 4.92. The van der Waals surface area contributed by atoms with Crippen LogP contribution in [0.3, 0.4) is 0 Å². The quantitative estimate of drug-likeness (QED) is 0.393. The molecule has 0 aromatic rings. The summed E-state index contributed by atoms with van der Waals surface area (Å²) < 4.78 is 0. The lowest BCUT2D eigenvalue weighted by molar-refractivity contribution is 0.0588. The Labute approximate surface area is 102 Å². The summed E-state index contributed by atoms with van der Waals surface area (Å²) in [4.78, 5) is 4.73. The first-order valence-corrected chi connectivity index (χ1v) is 7.16. The zero-order valence-electron chi connectivity index (χ0n) is 11.3. The highest BCUT2D eigenvalue weighted by Crippen LogP contribution is 2.12. The van der Waals surface area contributed by atoms with E-state index in [9.17, 15) is 0 Å². The first kappa shape index (κ1) is 15.9. The molecule has 0 bridgehead atoms. The highest BCUT2D eigenvalue weighted by molar-refractivity contribution is 4.51. The average molecular weight is 229 g/mol. The Morgan fingerprint density at radius 1 is 0.812 bits per heavy atom. The molecule has 0 saturated carbocycles. The molecule has 0 fully saturated rings. The predicted octanol–water partition coefficient (Wildman–Crippen LogP) is 4.58. The van der Waals surface area contributed by atoms with Gasteiger partial charge >= 0.3 is 0 Å². The van der Waals surface area contributed by atoms with Crippen LogP contribution in [0.1, 0.15) is 84.5 Å². The van der Waals surface area contributed by atoms with Gasteiger partial charge in [0.15, 0.2) is 0 Å². The van der Waals surface area contributed by atoms with Crippen LogP contribution in [-0.2, 0) is 4.84 Å². The molecular weight excluding hydrogens is 198 g/mol. The van der Waals surface area contributed by atoms with E-state index in [-0.39, 0.29) is 6.10 Å². The van der Waals surface area contributed by atoms with E-state index < -0.39 is 0 Å². The lowest BCUT2D eigenvalue weighted by atomic mass is 10.1. The van der Waals surface area contributed by atoms with Gasteiger partial charge < -0.3 is 4.84 Å². The largest absolute Gasteiger partial charge is 0.302 e. The maximum atomic E-state index is 5.09. The topological polar surface area (TPSA) is 35.2 Å². The van der Waals surface area contributed by atoms with Crippen molar-refractivity contribution in [1.82, 2.24) is 0 Å². The van der Waals surface area contributed by atoms with Crippen molar-refractivity contribution in [2.24, 2.45) is 5.90 Å². The van der Waals surface area contributed by atoms with Gasteiger partial charge in [0.25, 0.3) is 0 Å². The van der Waals surface area contributed by atoms with E-state index in [4.69, 9.17) is 10.7 Å². The molecule has 1 atom stereocenters. The molecule has 0 aliphatic rings. The van der Waals surface area contributed by atoms with E-state index in [1.807, 2.05) is 6.92 Å². The van der Waals surface area contributed by atoms with Crippen LogP contribution in [0.5, 0.6) is 0 Å². The first-order valence-electron chi connectivity index (χ1n) is 7.16. The molecule has 1 unspecified atom stereocenters. The molecule has 2 nitrogen and oxygen atoms in total. The molecular formula is C14H31NO. The van der Waals surface area contributed by atoms with E-state index in [0.29, 0.717) is 0 Å².